The summed E-state index contributed by atoms with van der Waals surface area (Å²) in [6.07, 6.45) is 2.47. The first-order valence-electron chi connectivity index (χ1n) is 6.91. The maximum absolute atomic E-state index is 6.06. The smallest absolute Gasteiger partial charge is 0.152 e. The van der Waals surface area contributed by atoms with E-state index in [4.69, 9.17) is 5.73 Å². The SMILES string of the molecule is Cc1nc(N)c2c(C)c(C)n(CCc3ncn(C)n3)c2n1. The highest BCUT2D eigenvalue weighted by molar-refractivity contribution is 5.91. The molecule has 0 aromatic carbocycles. The third kappa shape index (κ3) is 2.24. The molecular formula is C14H19N7. The fourth-order valence-corrected chi connectivity index (χ4v) is 2.66. The molecule has 3 heterocycles. The summed E-state index contributed by atoms with van der Waals surface area (Å²) in [7, 11) is 1.87. The molecule has 3 rings (SSSR count). The van der Waals surface area contributed by atoms with Crippen molar-refractivity contribution in [3.63, 3.8) is 0 Å². The number of hydrogen-bond donors (Lipinski definition) is 1. The molecule has 0 aliphatic rings. The van der Waals surface area contributed by atoms with Crippen molar-refractivity contribution in [1.29, 1.82) is 0 Å². The highest BCUT2D eigenvalue weighted by Gasteiger charge is 2.16. The highest BCUT2D eigenvalue weighted by Crippen LogP contribution is 2.27. The van der Waals surface area contributed by atoms with Crippen LogP contribution in [0.15, 0.2) is 6.33 Å². The number of aryl methyl sites for hydroxylation is 5. The molecule has 0 bridgehead atoms. The van der Waals surface area contributed by atoms with Crippen molar-refractivity contribution in [2.75, 3.05) is 5.73 Å². The molecule has 2 N–H and O–H groups in total. The van der Waals surface area contributed by atoms with Crippen LogP contribution < -0.4 is 5.73 Å². The first kappa shape index (κ1) is 13.5. The van der Waals surface area contributed by atoms with E-state index in [2.05, 4.69) is 38.5 Å². The summed E-state index contributed by atoms with van der Waals surface area (Å²) in [5.74, 6) is 2.07. The number of nitrogen functional groups attached to an aromatic ring is 1. The van der Waals surface area contributed by atoms with Crippen molar-refractivity contribution in [1.82, 2.24) is 29.3 Å². The second-order valence-corrected chi connectivity index (χ2v) is 5.30. The molecule has 3 aromatic heterocycles. The van der Waals surface area contributed by atoms with Crippen molar-refractivity contribution in [2.24, 2.45) is 7.05 Å². The van der Waals surface area contributed by atoms with Crippen LogP contribution in [0.25, 0.3) is 11.0 Å². The van der Waals surface area contributed by atoms with Crippen LogP contribution in [0.2, 0.25) is 0 Å². The largest absolute Gasteiger partial charge is 0.383 e. The van der Waals surface area contributed by atoms with Crippen LogP contribution in [0.1, 0.15) is 22.9 Å². The zero-order chi connectivity index (χ0) is 15.1. The minimum Gasteiger partial charge on any atom is -0.383 e. The molecule has 0 amide bonds. The lowest BCUT2D eigenvalue weighted by atomic mass is 10.2. The Bertz CT molecular complexity index is 812. The van der Waals surface area contributed by atoms with Crippen LogP contribution >= 0.6 is 0 Å². The molecule has 0 saturated carbocycles. The van der Waals surface area contributed by atoms with Gasteiger partial charge in [0, 0.05) is 25.7 Å². The summed E-state index contributed by atoms with van der Waals surface area (Å²) in [5, 5.41) is 5.26. The van der Waals surface area contributed by atoms with E-state index in [1.54, 1.807) is 11.0 Å². The Balaban J connectivity index is 2.03. The fourth-order valence-electron chi connectivity index (χ4n) is 2.66. The Labute approximate surface area is 122 Å². The van der Waals surface area contributed by atoms with Gasteiger partial charge in [-0.05, 0) is 26.3 Å². The third-order valence-electron chi connectivity index (χ3n) is 3.81. The molecule has 3 aromatic rings. The predicted molar refractivity (Wildman–Crippen MR) is 80.9 cm³/mol. The number of aromatic nitrogens is 6. The van der Waals surface area contributed by atoms with E-state index in [0.717, 1.165) is 41.1 Å². The molecular weight excluding hydrogens is 266 g/mol. The highest BCUT2D eigenvalue weighted by atomic mass is 15.3. The standard InChI is InChI=1S/C14H19N7/c1-8-9(2)21(6-5-11-16-7-20(4)19-11)14-12(8)13(15)17-10(3)18-14/h7H,5-6H2,1-4H3,(H2,15,17,18). The van der Waals surface area contributed by atoms with Gasteiger partial charge in [-0.2, -0.15) is 5.10 Å². The van der Waals surface area contributed by atoms with E-state index < -0.39 is 0 Å². The Morgan fingerprint density at radius 3 is 2.62 bits per heavy atom. The van der Waals surface area contributed by atoms with Crippen LogP contribution in [0.5, 0.6) is 0 Å². The van der Waals surface area contributed by atoms with Gasteiger partial charge in [-0.25, -0.2) is 15.0 Å². The summed E-state index contributed by atoms with van der Waals surface area (Å²) in [4.78, 5) is 13.1. The molecule has 0 atom stereocenters. The fraction of sp³-hybridized carbons (Fsp3) is 0.429. The number of anilines is 1. The zero-order valence-corrected chi connectivity index (χ0v) is 12.8. The molecule has 0 aliphatic heterocycles. The molecule has 110 valence electrons. The summed E-state index contributed by atoms with van der Waals surface area (Å²) in [6, 6.07) is 0. The maximum Gasteiger partial charge on any atom is 0.152 e. The average Bonchev–Trinajstić information content (AvgIpc) is 2.92. The molecule has 0 radical (unpaired) electrons. The molecule has 0 saturated heterocycles. The monoisotopic (exact) mass is 285 g/mol. The number of rotatable bonds is 3. The van der Waals surface area contributed by atoms with E-state index in [1.807, 2.05) is 14.0 Å². The Morgan fingerprint density at radius 1 is 1.19 bits per heavy atom. The van der Waals surface area contributed by atoms with E-state index in [1.165, 1.54) is 0 Å². The molecule has 0 spiro atoms. The van der Waals surface area contributed by atoms with Gasteiger partial charge in [-0.3, -0.25) is 4.68 Å². The third-order valence-corrected chi connectivity index (χ3v) is 3.81. The van der Waals surface area contributed by atoms with Gasteiger partial charge < -0.3 is 10.3 Å². The van der Waals surface area contributed by atoms with Crippen LogP contribution in [-0.2, 0) is 20.0 Å². The van der Waals surface area contributed by atoms with E-state index in [0.29, 0.717) is 11.6 Å². The minimum atomic E-state index is 0.549. The van der Waals surface area contributed by atoms with E-state index in [9.17, 15) is 0 Å². The molecule has 7 nitrogen and oxygen atoms in total. The van der Waals surface area contributed by atoms with Crippen molar-refractivity contribution >= 4 is 16.9 Å². The summed E-state index contributed by atoms with van der Waals surface area (Å²) in [5.41, 5.74) is 9.25. The van der Waals surface area contributed by atoms with Gasteiger partial charge in [0.1, 0.15) is 23.6 Å². The molecule has 0 aliphatic carbocycles. The second-order valence-electron chi connectivity index (χ2n) is 5.30. The minimum absolute atomic E-state index is 0.549. The number of fused-ring (bicyclic) bond motifs is 1. The van der Waals surface area contributed by atoms with Gasteiger partial charge in [0.05, 0.1) is 5.39 Å². The Kier molecular flexibility index (Phi) is 3.12. The van der Waals surface area contributed by atoms with Crippen molar-refractivity contribution in [3.05, 3.63) is 29.2 Å². The van der Waals surface area contributed by atoms with Crippen LogP contribution in [0, 0.1) is 20.8 Å². The number of nitrogens with two attached hydrogens (primary N) is 1. The van der Waals surface area contributed by atoms with Gasteiger partial charge in [0.25, 0.3) is 0 Å². The summed E-state index contributed by atoms with van der Waals surface area (Å²) in [6.45, 7) is 6.77. The molecule has 0 fully saturated rings. The van der Waals surface area contributed by atoms with Gasteiger partial charge in [0.2, 0.25) is 0 Å². The van der Waals surface area contributed by atoms with Crippen molar-refractivity contribution < 1.29 is 0 Å². The van der Waals surface area contributed by atoms with E-state index >= 15 is 0 Å². The first-order chi connectivity index (χ1) is 9.97. The van der Waals surface area contributed by atoms with Gasteiger partial charge >= 0.3 is 0 Å². The van der Waals surface area contributed by atoms with Gasteiger partial charge in [-0.1, -0.05) is 0 Å². The second kappa shape index (κ2) is 4.83. The molecule has 0 unspecified atom stereocenters. The quantitative estimate of drug-likeness (QED) is 0.784. The first-order valence-corrected chi connectivity index (χ1v) is 6.91. The predicted octanol–water partition coefficient (Wildman–Crippen LogP) is 1.31. The lowest BCUT2D eigenvalue weighted by molar-refractivity contribution is 0.658. The van der Waals surface area contributed by atoms with Crippen LogP contribution in [-0.4, -0.2) is 29.3 Å². The lowest BCUT2D eigenvalue weighted by Gasteiger charge is -2.06. The van der Waals surface area contributed by atoms with E-state index in [-0.39, 0.29) is 0 Å². The molecule has 21 heavy (non-hydrogen) atoms. The van der Waals surface area contributed by atoms with Crippen LogP contribution in [0.4, 0.5) is 5.82 Å². The summed E-state index contributed by atoms with van der Waals surface area (Å²) < 4.78 is 3.89. The Morgan fingerprint density at radius 2 is 1.95 bits per heavy atom. The van der Waals surface area contributed by atoms with Crippen molar-refractivity contribution in [2.45, 2.75) is 33.7 Å². The lowest BCUT2D eigenvalue weighted by Crippen LogP contribution is -2.07. The average molecular weight is 285 g/mol. The topological polar surface area (TPSA) is 87.4 Å². The zero-order valence-electron chi connectivity index (χ0n) is 12.8. The number of nitrogens with zero attached hydrogens (tertiary/aromatic N) is 6. The maximum atomic E-state index is 6.06. The Hall–Kier alpha value is -2.44. The number of hydrogen-bond acceptors (Lipinski definition) is 5. The van der Waals surface area contributed by atoms with Crippen molar-refractivity contribution in [3.8, 4) is 0 Å². The molecule has 7 heteroatoms. The normalized spacial score (nSPS) is 11.4. The van der Waals surface area contributed by atoms with Gasteiger partial charge in [-0.15, -0.1) is 0 Å². The van der Waals surface area contributed by atoms with Gasteiger partial charge in [0.15, 0.2) is 5.82 Å². The van der Waals surface area contributed by atoms with Crippen LogP contribution in [0.3, 0.4) is 0 Å². The summed E-state index contributed by atoms with van der Waals surface area (Å²) >= 11 is 0.